The number of imidazole rings is 2. The van der Waals surface area contributed by atoms with Crippen LogP contribution in [0.1, 0.15) is 51.2 Å². The molecule has 4 rings (SSSR count). The number of amides is 2. The van der Waals surface area contributed by atoms with Crippen LogP contribution in [0.3, 0.4) is 0 Å². The van der Waals surface area contributed by atoms with Crippen LogP contribution >= 0.6 is 0 Å². The van der Waals surface area contributed by atoms with Gasteiger partial charge in [-0.25, -0.2) is 19.6 Å². The zero-order valence-electron chi connectivity index (χ0n) is 28.7. The molecule has 262 valence electrons. The van der Waals surface area contributed by atoms with Crippen molar-refractivity contribution in [2.24, 2.45) is 11.8 Å². The van der Waals surface area contributed by atoms with Crippen LogP contribution in [0.15, 0.2) is 60.9 Å². The second-order valence-corrected chi connectivity index (χ2v) is 12.3. The second-order valence-electron chi connectivity index (χ2n) is 12.3. The molecule has 4 atom stereocenters. The molecule has 14 nitrogen and oxygen atoms in total. The topological polar surface area (TPSA) is 216 Å². The number of carbonyl (C=O) groups excluding carboxylic acids is 4. The molecule has 0 saturated heterocycles. The molecule has 0 aliphatic rings. The Labute approximate surface area is 289 Å². The Bertz CT molecular complexity index is 1690. The summed E-state index contributed by atoms with van der Waals surface area (Å²) in [5.74, 6) is -1.54. The van der Waals surface area contributed by atoms with Gasteiger partial charge in [-0.05, 0) is 34.1 Å². The lowest BCUT2D eigenvalue weighted by molar-refractivity contribution is -0.122. The number of benzene rings is 2. The predicted octanol–water partition coefficient (Wildman–Crippen LogP) is 5.50. The summed E-state index contributed by atoms with van der Waals surface area (Å²) < 4.78 is 9.18. The van der Waals surface area contributed by atoms with Crippen LogP contribution in [0.25, 0.3) is 33.6 Å². The van der Waals surface area contributed by atoms with E-state index in [2.05, 4.69) is 40.0 Å². The first-order valence-electron chi connectivity index (χ1n) is 16.0. The van der Waals surface area contributed by atoms with Gasteiger partial charge in [0.2, 0.25) is 0 Å². The summed E-state index contributed by atoms with van der Waals surface area (Å²) in [6.07, 6.45) is 3.48. The quantitative estimate of drug-likeness (QED) is 0.0878. The highest BCUT2D eigenvalue weighted by Crippen LogP contribution is 2.31. The molecule has 0 aliphatic carbocycles. The van der Waals surface area contributed by atoms with E-state index in [4.69, 9.17) is 10.8 Å². The van der Waals surface area contributed by atoms with Gasteiger partial charge in [-0.2, -0.15) is 0 Å². The van der Waals surface area contributed by atoms with Gasteiger partial charge in [0.25, 0.3) is 0 Å². The Morgan fingerprint density at radius 2 is 0.940 bits per heavy atom. The molecule has 4 aromatic rings. The zero-order chi connectivity index (χ0) is 36.5. The summed E-state index contributed by atoms with van der Waals surface area (Å²) in [6.45, 7) is 7.50. The van der Waals surface area contributed by atoms with E-state index in [1.165, 1.54) is 14.2 Å². The molecule has 6 N–H and O–H groups in total. The van der Waals surface area contributed by atoms with E-state index in [0.29, 0.717) is 23.0 Å². The number of hydrogen-bond donors (Lipinski definition) is 6. The Balaban J connectivity index is 1.49. The third-order valence-electron chi connectivity index (χ3n) is 8.32. The van der Waals surface area contributed by atoms with Crippen LogP contribution in [-0.4, -0.2) is 82.4 Å². The highest BCUT2D eigenvalue weighted by molar-refractivity contribution is 6.04. The van der Waals surface area contributed by atoms with E-state index in [0.717, 1.165) is 34.7 Å². The molecule has 0 spiro atoms. The third-order valence-corrected chi connectivity index (χ3v) is 8.32. The number of methoxy groups -OCH3 is 2. The van der Waals surface area contributed by atoms with E-state index in [1.54, 1.807) is 12.4 Å². The molecule has 2 amide bonds. The minimum Gasteiger partial charge on any atom is -0.453 e. The first kappa shape index (κ1) is 36.9. The summed E-state index contributed by atoms with van der Waals surface area (Å²) in [4.78, 5) is 65.4. The number of nitrogens with zero attached hydrogens (tertiary/aromatic N) is 2. The monoisotopic (exact) mass is 682 g/mol. The largest absolute Gasteiger partial charge is 0.453 e. The Kier molecular flexibility index (Phi) is 12.1. The van der Waals surface area contributed by atoms with Gasteiger partial charge < -0.3 is 40.9 Å². The van der Waals surface area contributed by atoms with Crippen LogP contribution in [0, 0.1) is 22.7 Å². The van der Waals surface area contributed by atoms with Crippen molar-refractivity contribution in [3.8, 4) is 33.6 Å². The zero-order valence-corrected chi connectivity index (χ0v) is 28.7. The van der Waals surface area contributed by atoms with Crippen molar-refractivity contribution in [1.29, 1.82) is 10.8 Å². The maximum absolute atomic E-state index is 13.3. The van der Waals surface area contributed by atoms with Crippen molar-refractivity contribution in [2.75, 3.05) is 14.2 Å². The number of Topliss-reactive ketones (excluding diaryl/α,β-unsaturated/α-hetero) is 2. The van der Waals surface area contributed by atoms with Gasteiger partial charge in [-0.1, -0.05) is 76.2 Å². The smallest absolute Gasteiger partial charge is 0.407 e. The summed E-state index contributed by atoms with van der Waals surface area (Å²) in [7, 11) is 2.38. The molecule has 2 heterocycles. The second kappa shape index (κ2) is 16.5. The van der Waals surface area contributed by atoms with Crippen LogP contribution in [0.4, 0.5) is 9.59 Å². The van der Waals surface area contributed by atoms with Gasteiger partial charge >= 0.3 is 12.2 Å². The molecule has 14 heteroatoms. The van der Waals surface area contributed by atoms with Gasteiger partial charge in [-0.15, -0.1) is 0 Å². The average Bonchev–Trinajstić information content (AvgIpc) is 3.80. The Morgan fingerprint density at radius 1 is 0.620 bits per heavy atom. The number of alkyl carbamates (subject to hydrolysis) is 2. The molecule has 0 unspecified atom stereocenters. The molecule has 0 saturated carbocycles. The summed E-state index contributed by atoms with van der Waals surface area (Å²) >= 11 is 0. The lowest BCUT2D eigenvalue weighted by atomic mass is 9.87. The number of ketones is 2. The molecule has 2 aromatic heterocycles. The molecule has 0 bridgehead atoms. The van der Waals surface area contributed by atoms with Crippen molar-refractivity contribution in [3.05, 3.63) is 72.6 Å². The number of aromatic nitrogens is 4. The van der Waals surface area contributed by atoms with Crippen molar-refractivity contribution in [3.63, 3.8) is 0 Å². The molecule has 2 aromatic carbocycles. The van der Waals surface area contributed by atoms with Crippen molar-refractivity contribution in [2.45, 2.75) is 51.6 Å². The Hall–Kier alpha value is -5.92. The highest BCUT2D eigenvalue weighted by Gasteiger charge is 2.34. The minimum absolute atomic E-state index is 0.156. The van der Waals surface area contributed by atoms with Crippen LogP contribution in [-0.2, 0) is 19.1 Å². The van der Waals surface area contributed by atoms with Gasteiger partial charge in [0.05, 0.1) is 49.8 Å². The van der Waals surface area contributed by atoms with Gasteiger partial charge in [0, 0.05) is 12.4 Å². The summed E-state index contributed by atoms with van der Waals surface area (Å²) in [6, 6.07) is 13.4. The van der Waals surface area contributed by atoms with Gasteiger partial charge in [-0.3, -0.25) is 9.59 Å². The van der Waals surface area contributed by atoms with Crippen LogP contribution in [0.5, 0.6) is 0 Å². The number of ether oxygens (including phenoxy) is 2. The first-order valence-corrected chi connectivity index (χ1v) is 16.0. The maximum atomic E-state index is 13.3. The molecular weight excluding hydrogens is 640 g/mol. The average molecular weight is 683 g/mol. The fourth-order valence-corrected chi connectivity index (χ4v) is 5.67. The maximum Gasteiger partial charge on any atom is 0.407 e. The van der Waals surface area contributed by atoms with Crippen molar-refractivity contribution < 1.29 is 28.7 Å². The van der Waals surface area contributed by atoms with E-state index in [1.807, 2.05) is 76.2 Å². The summed E-state index contributed by atoms with van der Waals surface area (Å²) in [5.41, 5.74) is 5.11. The van der Waals surface area contributed by atoms with Crippen LogP contribution < -0.4 is 10.6 Å². The standard InChI is InChI=1S/C36H42N8O6/c1-19(2)29(31(45)25(15-37)43-35(47)49-5)33-39-17-27(41-33)23-11-7-21(8-12-23)22-9-13-24(14-10-22)28-18-40-34(42-28)30(20(3)4)32(46)26(16-38)44-36(48)50-6/h7-20,25-26,29-30,37-38H,1-6H3,(H,39,41)(H,40,42)(H,43,47)(H,44,48)/t25-,26-,29+,30+/m0/s1. The number of H-pyrrole nitrogens is 2. The van der Waals surface area contributed by atoms with Crippen molar-refractivity contribution >= 4 is 36.2 Å². The summed E-state index contributed by atoms with van der Waals surface area (Å²) in [5, 5.41) is 20.1. The third kappa shape index (κ3) is 8.38. The fraction of sp³-hybridized carbons (Fsp3) is 0.333. The molecular formula is C36H42N8O6. The molecule has 0 fully saturated rings. The fourth-order valence-electron chi connectivity index (χ4n) is 5.67. The molecule has 0 aliphatic heterocycles. The SMILES string of the molecule is COC(=O)N[C@@H](C=N)C(=O)[C@H](c1ncc(-c2ccc(-c3ccc(-c4cnc([C@@H](C(=O)[C@H](C=N)NC(=O)OC)C(C)C)[nH]4)cc3)cc2)[nH]1)C(C)C. The predicted molar refractivity (Wildman–Crippen MR) is 188 cm³/mol. The van der Waals surface area contributed by atoms with Crippen molar-refractivity contribution in [1.82, 2.24) is 30.6 Å². The Morgan fingerprint density at radius 3 is 1.22 bits per heavy atom. The minimum atomic E-state index is -1.15. The normalized spacial score (nSPS) is 13.5. The highest BCUT2D eigenvalue weighted by atomic mass is 16.5. The number of hydrogen-bond acceptors (Lipinski definition) is 10. The van der Waals surface area contributed by atoms with E-state index < -0.39 is 36.1 Å². The lowest BCUT2D eigenvalue weighted by Crippen LogP contribution is -2.45. The van der Waals surface area contributed by atoms with E-state index in [-0.39, 0.29) is 23.4 Å². The number of carbonyl (C=O) groups is 4. The number of rotatable bonds is 15. The van der Waals surface area contributed by atoms with Crippen LogP contribution in [0.2, 0.25) is 0 Å². The molecule has 0 radical (unpaired) electrons. The molecule has 50 heavy (non-hydrogen) atoms. The van der Waals surface area contributed by atoms with E-state index in [9.17, 15) is 19.2 Å². The van der Waals surface area contributed by atoms with Gasteiger partial charge in [0.15, 0.2) is 11.6 Å². The number of nitrogens with one attached hydrogen (secondary N) is 6. The van der Waals surface area contributed by atoms with E-state index >= 15 is 0 Å². The first-order chi connectivity index (χ1) is 23.9. The lowest BCUT2D eigenvalue weighted by Gasteiger charge is -2.21. The van der Waals surface area contributed by atoms with Gasteiger partial charge in [0.1, 0.15) is 23.7 Å². The number of aromatic amines is 2.